The summed E-state index contributed by atoms with van der Waals surface area (Å²) in [6, 6.07) is 4.35. The molecule has 0 aromatic heterocycles. The van der Waals surface area contributed by atoms with Crippen LogP contribution in [0, 0.1) is 5.82 Å². The molecule has 1 unspecified atom stereocenters. The lowest BCUT2D eigenvalue weighted by atomic mass is 10.2. The minimum Gasteiger partial charge on any atom is -0.480 e. The first-order valence-electron chi connectivity index (χ1n) is 5.60. The number of aliphatic hydroxyl groups is 1. The Hall–Kier alpha value is -2.21. The van der Waals surface area contributed by atoms with Crippen LogP contribution in [0.15, 0.2) is 30.3 Å². The van der Waals surface area contributed by atoms with E-state index in [2.05, 4.69) is 5.32 Å². The fraction of sp³-hybridized carbons (Fsp3) is 0.231. The summed E-state index contributed by atoms with van der Waals surface area (Å²) in [6.07, 6.45) is 2.53. The molecule has 3 N–H and O–H groups in total. The van der Waals surface area contributed by atoms with E-state index in [0.29, 0.717) is 5.56 Å². The fourth-order valence-electron chi connectivity index (χ4n) is 1.35. The second-order valence-corrected chi connectivity index (χ2v) is 3.80. The minimum absolute atomic E-state index is 0.0640. The number of carboxylic acid groups (broad SMARTS) is 1. The first kappa shape index (κ1) is 14.8. The van der Waals surface area contributed by atoms with Gasteiger partial charge in [0.2, 0.25) is 5.91 Å². The molecule has 0 aliphatic rings. The highest BCUT2D eigenvalue weighted by Gasteiger charge is 2.17. The van der Waals surface area contributed by atoms with Crippen molar-refractivity contribution in [2.24, 2.45) is 0 Å². The standard InChI is InChI=1S/C13H14FNO4/c14-10-4-1-9(2-5-10)3-6-12(17)15-11(7-8-16)13(18)19/h1-6,11,16H,7-8H2,(H,15,17)(H,18,19). The normalized spacial score (nSPS) is 12.3. The molecule has 5 nitrogen and oxygen atoms in total. The molecule has 0 spiro atoms. The zero-order valence-electron chi connectivity index (χ0n) is 10.0. The lowest BCUT2D eigenvalue weighted by Gasteiger charge is -2.11. The summed E-state index contributed by atoms with van der Waals surface area (Å²) < 4.78 is 12.6. The molecule has 1 aromatic carbocycles. The molecular formula is C13H14FNO4. The Morgan fingerprint density at radius 2 is 1.95 bits per heavy atom. The van der Waals surface area contributed by atoms with Crippen molar-refractivity contribution in [3.05, 3.63) is 41.7 Å². The molecule has 0 saturated heterocycles. The molecule has 6 heteroatoms. The molecule has 0 aliphatic heterocycles. The molecule has 1 rings (SSSR count). The van der Waals surface area contributed by atoms with Gasteiger partial charge in [-0.15, -0.1) is 0 Å². The number of hydrogen-bond acceptors (Lipinski definition) is 3. The molecule has 0 aliphatic carbocycles. The van der Waals surface area contributed by atoms with E-state index in [4.69, 9.17) is 10.2 Å². The first-order valence-corrected chi connectivity index (χ1v) is 5.60. The summed E-state index contributed by atoms with van der Waals surface area (Å²) in [7, 11) is 0. The van der Waals surface area contributed by atoms with Crippen molar-refractivity contribution in [3.8, 4) is 0 Å². The summed E-state index contributed by atoms with van der Waals surface area (Å²) in [6.45, 7) is -0.334. The van der Waals surface area contributed by atoms with Gasteiger partial charge in [0.15, 0.2) is 0 Å². The number of rotatable bonds is 6. The zero-order chi connectivity index (χ0) is 14.3. The summed E-state index contributed by atoms with van der Waals surface area (Å²) in [4.78, 5) is 22.2. The van der Waals surface area contributed by atoms with Crippen LogP contribution >= 0.6 is 0 Å². The van der Waals surface area contributed by atoms with E-state index in [9.17, 15) is 14.0 Å². The third-order valence-electron chi connectivity index (χ3n) is 2.33. The second-order valence-electron chi connectivity index (χ2n) is 3.80. The average molecular weight is 267 g/mol. The van der Waals surface area contributed by atoms with Gasteiger partial charge in [0.1, 0.15) is 11.9 Å². The molecule has 19 heavy (non-hydrogen) atoms. The quantitative estimate of drug-likeness (QED) is 0.665. The van der Waals surface area contributed by atoms with Crippen LogP contribution in [0.3, 0.4) is 0 Å². The highest BCUT2D eigenvalue weighted by atomic mass is 19.1. The first-order chi connectivity index (χ1) is 9.02. The number of carbonyl (C=O) groups excluding carboxylic acids is 1. The van der Waals surface area contributed by atoms with Gasteiger partial charge in [-0.1, -0.05) is 12.1 Å². The van der Waals surface area contributed by atoms with E-state index in [1.165, 1.54) is 30.3 Å². The Bertz CT molecular complexity index is 470. The third-order valence-corrected chi connectivity index (χ3v) is 2.33. The molecule has 102 valence electrons. The average Bonchev–Trinajstić information content (AvgIpc) is 2.37. The molecule has 0 radical (unpaired) electrons. The number of benzene rings is 1. The molecule has 1 aromatic rings. The van der Waals surface area contributed by atoms with Gasteiger partial charge in [0, 0.05) is 19.1 Å². The van der Waals surface area contributed by atoms with Crippen molar-refractivity contribution in [2.75, 3.05) is 6.61 Å². The topological polar surface area (TPSA) is 86.6 Å². The van der Waals surface area contributed by atoms with Crippen molar-refractivity contribution in [1.29, 1.82) is 0 Å². The van der Waals surface area contributed by atoms with Crippen LogP contribution in [0.5, 0.6) is 0 Å². The van der Waals surface area contributed by atoms with Gasteiger partial charge >= 0.3 is 5.97 Å². The van der Waals surface area contributed by atoms with Crippen LogP contribution in [0.4, 0.5) is 4.39 Å². The maximum Gasteiger partial charge on any atom is 0.326 e. The van der Waals surface area contributed by atoms with E-state index in [1.54, 1.807) is 0 Å². The van der Waals surface area contributed by atoms with E-state index >= 15 is 0 Å². The van der Waals surface area contributed by atoms with Crippen molar-refractivity contribution in [3.63, 3.8) is 0 Å². The summed E-state index contributed by atoms with van der Waals surface area (Å²) >= 11 is 0. The van der Waals surface area contributed by atoms with Crippen molar-refractivity contribution in [2.45, 2.75) is 12.5 Å². The largest absolute Gasteiger partial charge is 0.480 e. The van der Waals surface area contributed by atoms with E-state index in [-0.39, 0.29) is 18.8 Å². The molecule has 0 saturated carbocycles. The van der Waals surface area contributed by atoms with Gasteiger partial charge in [0.25, 0.3) is 0 Å². The molecular weight excluding hydrogens is 253 g/mol. The smallest absolute Gasteiger partial charge is 0.326 e. The number of aliphatic hydroxyl groups excluding tert-OH is 1. The summed E-state index contributed by atoms with van der Waals surface area (Å²) in [5, 5.41) is 19.7. The lowest BCUT2D eigenvalue weighted by Crippen LogP contribution is -2.40. The Kier molecular flexibility index (Phi) is 5.69. The highest BCUT2D eigenvalue weighted by molar-refractivity contribution is 5.94. The molecule has 0 heterocycles. The lowest BCUT2D eigenvalue weighted by molar-refractivity contribution is -0.141. The highest BCUT2D eigenvalue weighted by Crippen LogP contribution is 2.04. The summed E-state index contributed by atoms with van der Waals surface area (Å²) in [5.41, 5.74) is 0.616. The SMILES string of the molecule is O=C(C=Cc1ccc(F)cc1)NC(CCO)C(=O)O. The van der Waals surface area contributed by atoms with Gasteiger partial charge < -0.3 is 15.5 Å². The Labute approximate surface area is 109 Å². The third kappa shape index (κ3) is 5.31. The van der Waals surface area contributed by atoms with Gasteiger partial charge in [-0.25, -0.2) is 9.18 Å². The van der Waals surface area contributed by atoms with Gasteiger partial charge in [-0.2, -0.15) is 0 Å². The molecule has 0 fully saturated rings. The monoisotopic (exact) mass is 267 g/mol. The summed E-state index contributed by atoms with van der Waals surface area (Å²) in [5.74, 6) is -2.18. The van der Waals surface area contributed by atoms with Gasteiger partial charge in [-0.3, -0.25) is 4.79 Å². The van der Waals surface area contributed by atoms with Crippen LogP contribution in [0.25, 0.3) is 6.08 Å². The van der Waals surface area contributed by atoms with Crippen LogP contribution in [0.1, 0.15) is 12.0 Å². The number of carboxylic acids is 1. The predicted molar refractivity (Wildman–Crippen MR) is 66.7 cm³/mol. The number of nitrogens with one attached hydrogen (secondary N) is 1. The van der Waals surface area contributed by atoms with Crippen molar-refractivity contribution in [1.82, 2.24) is 5.32 Å². The molecule has 1 amide bonds. The molecule has 1 atom stereocenters. The van der Waals surface area contributed by atoms with Crippen LogP contribution in [0.2, 0.25) is 0 Å². The van der Waals surface area contributed by atoms with Gasteiger partial charge in [0.05, 0.1) is 0 Å². The Morgan fingerprint density at radius 3 is 2.47 bits per heavy atom. The molecule has 0 bridgehead atoms. The number of halogens is 1. The van der Waals surface area contributed by atoms with Crippen molar-refractivity contribution < 1.29 is 24.2 Å². The second kappa shape index (κ2) is 7.27. The van der Waals surface area contributed by atoms with Crippen LogP contribution in [-0.2, 0) is 9.59 Å². The van der Waals surface area contributed by atoms with Crippen LogP contribution in [-0.4, -0.2) is 34.7 Å². The maximum absolute atomic E-state index is 12.6. The zero-order valence-corrected chi connectivity index (χ0v) is 10.0. The Morgan fingerprint density at radius 1 is 1.32 bits per heavy atom. The van der Waals surface area contributed by atoms with E-state index in [1.807, 2.05) is 0 Å². The van der Waals surface area contributed by atoms with Gasteiger partial charge in [-0.05, 0) is 23.8 Å². The predicted octanol–water partition coefficient (Wildman–Crippen LogP) is 0.791. The van der Waals surface area contributed by atoms with E-state index < -0.39 is 17.9 Å². The van der Waals surface area contributed by atoms with Crippen LogP contribution < -0.4 is 5.32 Å². The Balaban J connectivity index is 2.58. The number of carbonyl (C=O) groups is 2. The minimum atomic E-state index is -1.21. The maximum atomic E-state index is 12.6. The van der Waals surface area contributed by atoms with E-state index in [0.717, 1.165) is 6.08 Å². The number of amides is 1. The fourth-order valence-corrected chi connectivity index (χ4v) is 1.35. The number of hydrogen-bond donors (Lipinski definition) is 3. The number of aliphatic carboxylic acids is 1. The van der Waals surface area contributed by atoms with Crippen molar-refractivity contribution >= 4 is 18.0 Å².